The lowest BCUT2D eigenvalue weighted by atomic mass is 10.1. The van der Waals surface area contributed by atoms with E-state index in [-0.39, 0.29) is 6.42 Å². The van der Waals surface area contributed by atoms with Gasteiger partial charge in [-0.25, -0.2) is 0 Å². The fourth-order valence-electron chi connectivity index (χ4n) is 1.98. The molecule has 0 aliphatic rings. The van der Waals surface area contributed by atoms with Crippen molar-refractivity contribution in [2.24, 2.45) is 0 Å². The molecule has 0 saturated carbocycles. The Hall–Kier alpha value is -0.950. The van der Waals surface area contributed by atoms with E-state index in [2.05, 4.69) is 6.58 Å². The van der Waals surface area contributed by atoms with E-state index in [0.29, 0.717) is 0 Å². The zero-order valence-corrected chi connectivity index (χ0v) is 13.2. The highest BCUT2D eigenvalue weighted by Gasteiger charge is 2.25. The molecule has 0 aromatic rings. The number of hydrogen-bond donors (Lipinski definition) is 4. The molecule has 0 saturated heterocycles. The monoisotopic (exact) mass is 318 g/mol. The summed E-state index contributed by atoms with van der Waals surface area (Å²) in [6.45, 7) is 2.61. The molecule has 6 nitrogen and oxygen atoms in total. The lowest BCUT2D eigenvalue weighted by Gasteiger charge is -2.21. The Bertz CT molecular complexity index is 294. The number of aliphatic hydroxyl groups is 4. The molecule has 0 aromatic carbocycles. The normalized spacial score (nSPS) is 15.1. The summed E-state index contributed by atoms with van der Waals surface area (Å²) in [6.07, 6.45) is 5.10. The van der Waals surface area contributed by atoms with Crippen molar-refractivity contribution in [2.75, 3.05) is 13.2 Å². The average Bonchev–Trinajstić information content (AvgIpc) is 2.53. The van der Waals surface area contributed by atoms with Crippen molar-refractivity contribution in [2.45, 2.75) is 69.7 Å². The summed E-state index contributed by atoms with van der Waals surface area (Å²) >= 11 is 0. The van der Waals surface area contributed by atoms with Crippen LogP contribution >= 0.6 is 0 Å². The quantitative estimate of drug-likeness (QED) is 0.215. The van der Waals surface area contributed by atoms with Crippen LogP contribution in [0, 0.1) is 0 Å². The van der Waals surface area contributed by atoms with Crippen molar-refractivity contribution < 1.29 is 30.0 Å². The molecule has 0 aliphatic carbocycles. The van der Waals surface area contributed by atoms with Gasteiger partial charge in [0.2, 0.25) is 0 Å². The van der Waals surface area contributed by atoms with Crippen molar-refractivity contribution in [1.82, 2.24) is 0 Å². The number of unbranched alkanes of at least 4 members (excludes halogenated alkanes) is 6. The molecule has 0 rings (SSSR count). The van der Waals surface area contributed by atoms with Gasteiger partial charge in [0.25, 0.3) is 0 Å². The van der Waals surface area contributed by atoms with Gasteiger partial charge in [0.05, 0.1) is 6.61 Å². The highest BCUT2D eigenvalue weighted by Crippen LogP contribution is 2.09. The second-order valence-electron chi connectivity index (χ2n) is 5.44. The molecule has 0 aromatic heterocycles. The molecule has 22 heavy (non-hydrogen) atoms. The Labute approximate surface area is 132 Å². The molecule has 0 heterocycles. The maximum atomic E-state index is 11.4. The second-order valence-corrected chi connectivity index (χ2v) is 5.44. The van der Waals surface area contributed by atoms with Crippen LogP contribution in [-0.2, 0) is 9.53 Å². The van der Waals surface area contributed by atoms with E-state index in [0.717, 1.165) is 38.5 Å². The molecule has 0 fully saturated rings. The topological polar surface area (TPSA) is 107 Å². The van der Waals surface area contributed by atoms with Gasteiger partial charge in [-0.3, -0.25) is 4.79 Å². The minimum absolute atomic E-state index is 0.276. The fourth-order valence-corrected chi connectivity index (χ4v) is 1.98. The summed E-state index contributed by atoms with van der Waals surface area (Å²) in [5.41, 5.74) is 0. The minimum atomic E-state index is -1.53. The van der Waals surface area contributed by atoms with Gasteiger partial charge < -0.3 is 25.2 Å². The van der Waals surface area contributed by atoms with Crippen molar-refractivity contribution in [3.8, 4) is 0 Å². The smallest absolute Gasteiger partial charge is 0.305 e. The van der Waals surface area contributed by atoms with Crippen molar-refractivity contribution in [3.63, 3.8) is 0 Å². The third-order valence-corrected chi connectivity index (χ3v) is 3.43. The third kappa shape index (κ3) is 10.7. The summed E-state index contributed by atoms with van der Waals surface area (Å²) in [7, 11) is 0. The van der Waals surface area contributed by atoms with Crippen LogP contribution in [0.25, 0.3) is 0 Å². The molecule has 0 amide bonds. The number of esters is 1. The Morgan fingerprint density at radius 1 is 1.00 bits per heavy atom. The second kappa shape index (κ2) is 13.7. The van der Waals surface area contributed by atoms with E-state index < -0.39 is 37.5 Å². The standard InChI is InChI=1S/C16H30O6/c1-2-3-4-5-6-7-8-9-10-15(20)22-12-14(19)16(21)13(18)11-17/h2,13-14,16-19,21H,1,3-12H2/t13-,14+,16+/m1/s1. The Morgan fingerprint density at radius 3 is 2.18 bits per heavy atom. The van der Waals surface area contributed by atoms with E-state index in [4.69, 9.17) is 14.9 Å². The van der Waals surface area contributed by atoms with Gasteiger partial charge in [-0.15, -0.1) is 6.58 Å². The van der Waals surface area contributed by atoms with Crippen LogP contribution in [0.3, 0.4) is 0 Å². The molecule has 130 valence electrons. The fraction of sp³-hybridized carbons (Fsp3) is 0.812. The Balaban J connectivity index is 3.55. The first-order valence-electron chi connectivity index (χ1n) is 7.94. The van der Waals surface area contributed by atoms with E-state index in [1.807, 2.05) is 6.08 Å². The van der Waals surface area contributed by atoms with Crippen LogP contribution in [0.1, 0.15) is 51.4 Å². The molecule has 0 spiro atoms. The van der Waals surface area contributed by atoms with Gasteiger partial charge in [-0.05, 0) is 19.3 Å². The van der Waals surface area contributed by atoms with Crippen LogP contribution in [-0.4, -0.2) is 57.9 Å². The molecular formula is C16H30O6. The van der Waals surface area contributed by atoms with Gasteiger partial charge in [-0.2, -0.15) is 0 Å². The lowest BCUT2D eigenvalue weighted by molar-refractivity contribution is -0.152. The Kier molecular flexibility index (Phi) is 13.1. The molecule has 0 aliphatic heterocycles. The van der Waals surface area contributed by atoms with Crippen molar-refractivity contribution >= 4 is 5.97 Å². The molecular weight excluding hydrogens is 288 g/mol. The first-order chi connectivity index (χ1) is 10.5. The SMILES string of the molecule is C=CCCCCCCCCC(=O)OC[C@H](O)[C@@H](O)[C@H](O)CO. The molecule has 0 radical (unpaired) electrons. The zero-order valence-electron chi connectivity index (χ0n) is 13.2. The van der Waals surface area contributed by atoms with Gasteiger partial charge in [0.1, 0.15) is 24.9 Å². The van der Waals surface area contributed by atoms with Crippen LogP contribution in [0.15, 0.2) is 12.7 Å². The third-order valence-electron chi connectivity index (χ3n) is 3.43. The first-order valence-corrected chi connectivity index (χ1v) is 7.94. The number of hydrogen-bond acceptors (Lipinski definition) is 6. The lowest BCUT2D eigenvalue weighted by Crippen LogP contribution is -2.42. The largest absolute Gasteiger partial charge is 0.463 e. The number of aliphatic hydroxyl groups excluding tert-OH is 4. The van der Waals surface area contributed by atoms with Crippen molar-refractivity contribution in [1.29, 1.82) is 0 Å². The van der Waals surface area contributed by atoms with E-state index >= 15 is 0 Å². The molecule has 0 bridgehead atoms. The van der Waals surface area contributed by atoms with E-state index in [1.165, 1.54) is 6.42 Å². The average molecular weight is 318 g/mol. The van der Waals surface area contributed by atoms with E-state index in [1.54, 1.807) is 0 Å². The van der Waals surface area contributed by atoms with Crippen LogP contribution in [0.4, 0.5) is 0 Å². The molecule has 0 unspecified atom stereocenters. The summed E-state index contributed by atoms with van der Waals surface area (Å²) < 4.78 is 4.83. The number of allylic oxidation sites excluding steroid dienone is 1. The number of carbonyl (C=O) groups excluding carboxylic acids is 1. The predicted octanol–water partition coefficient (Wildman–Crippen LogP) is 0.911. The molecule has 6 heteroatoms. The Morgan fingerprint density at radius 2 is 1.59 bits per heavy atom. The van der Waals surface area contributed by atoms with E-state index in [9.17, 15) is 15.0 Å². The highest BCUT2D eigenvalue weighted by atomic mass is 16.5. The highest BCUT2D eigenvalue weighted by molar-refractivity contribution is 5.69. The number of rotatable bonds is 14. The minimum Gasteiger partial charge on any atom is -0.463 e. The van der Waals surface area contributed by atoms with Crippen LogP contribution < -0.4 is 0 Å². The number of ether oxygens (including phenoxy) is 1. The summed E-state index contributed by atoms with van der Waals surface area (Å²) in [4.78, 5) is 11.4. The molecule has 4 N–H and O–H groups in total. The van der Waals surface area contributed by atoms with Gasteiger partial charge in [-0.1, -0.05) is 31.8 Å². The van der Waals surface area contributed by atoms with Gasteiger partial charge in [0.15, 0.2) is 0 Å². The maximum absolute atomic E-state index is 11.4. The summed E-state index contributed by atoms with van der Waals surface area (Å²) in [5, 5.41) is 36.6. The number of carbonyl (C=O) groups is 1. The maximum Gasteiger partial charge on any atom is 0.305 e. The summed E-state index contributed by atoms with van der Waals surface area (Å²) in [5.74, 6) is -0.434. The van der Waals surface area contributed by atoms with Gasteiger partial charge >= 0.3 is 5.97 Å². The first kappa shape index (κ1) is 21.0. The van der Waals surface area contributed by atoms with Gasteiger partial charge in [0, 0.05) is 6.42 Å². The summed E-state index contributed by atoms with van der Waals surface area (Å²) in [6, 6.07) is 0. The van der Waals surface area contributed by atoms with Crippen LogP contribution in [0.2, 0.25) is 0 Å². The van der Waals surface area contributed by atoms with Crippen LogP contribution in [0.5, 0.6) is 0 Å². The molecule has 3 atom stereocenters. The zero-order chi connectivity index (χ0) is 16.8. The predicted molar refractivity (Wildman–Crippen MR) is 83.2 cm³/mol. The van der Waals surface area contributed by atoms with Crippen molar-refractivity contribution in [3.05, 3.63) is 12.7 Å².